The molecule has 0 radical (unpaired) electrons. The van der Waals surface area contributed by atoms with Crippen molar-refractivity contribution in [2.45, 2.75) is 12.5 Å². The van der Waals surface area contributed by atoms with Crippen molar-refractivity contribution in [2.75, 3.05) is 18.5 Å². The summed E-state index contributed by atoms with van der Waals surface area (Å²) < 4.78 is 5.41. The Morgan fingerprint density at radius 2 is 2.17 bits per heavy atom. The number of nitrogens with one attached hydrogen (secondary N) is 2. The minimum atomic E-state index is -0.897. The van der Waals surface area contributed by atoms with Crippen LogP contribution in [0.25, 0.3) is 0 Å². The van der Waals surface area contributed by atoms with Gasteiger partial charge in [0.25, 0.3) is 0 Å². The Morgan fingerprint density at radius 3 is 2.96 bits per heavy atom. The topological polar surface area (TPSA) is 101 Å². The fourth-order valence-corrected chi connectivity index (χ4v) is 2.43. The highest BCUT2D eigenvalue weighted by Crippen LogP contribution is 2.27. The van der Waals surface area contributed by atoms with Gasteiger partial charge in [0, 0.05) is 19.2 Å². The second kappa shape index (κ2) is 7.10. The predicted molar refractivity (Wildman–Crippen MR) is 86.5 cm³/mol. The molecule has 0 bridgehead atoms. The molecule has 1 unspecified atom stereocenters. The first-order valence-electron chi connectivity index (χ1n) is 7.56. The van der Waals surface area contributed by atoms with Crippen molar-refractivity contribution < 1.29 is 19.4 Å². The van der Waals surface area contributed by atoms with Gasteiger partial charge < -0.3 is 20.5 Å². The molecule has 0 spiro atoms. The van der Waals surface area contributed by atoms with Crippen LogP contribution < -0.4 is 15.4 Å². The molecule has 1 aromatic carbocycles. The third-order valence-electron chi connectivity index (χ3n) is 3.68. The largest absolute Gasteiger partial charge is 0.493 e. The molecular formula is C17H17N3O4. The number of aliphatic hydroxyl groups excluding tert-OH is 1. The molecule has 2 aromatic rings. The number of ether oxygens (including phenoxy) is 1. The molecule has 124 valence electrons. The van der Waals surface area contributed by atoms with E-state index < -0.39 is 17.9 Å². The Bertz CT molecular complexity index is 749. The number of benzene rings is 1. The van der Waals surface area contributed by atoms with E-state index in [0.717, 1.165) is 17.7 Å². The van der Waals surface area contributed by atoms with Crippen LogP contribution in [-0.2, 0) is 16.0 Å². The van der Waals surface area contributed by atoms with E-state index in [4.69, 9.17) is 4.74 Å². The first-order valence-corrected chi connectivity index (χ1v) is 7.56. The summed E-state index contributed by atoms with van der Waals surface area (Å²) in [7, 11) is 0. The number of fused-ring (bicyclic) bond motifs is 1. The summed E-state index contributed by atoms with van der Waals surface area (Å²) in [5.41, 5.74) is 2.14. The summed E-state index contributed by atoms with van der Waals surface area (Å²) in [4.78, 5) is 27.4. The van der Waals surface area contributed by atoms with E-state index in [0.29, 0.717) is 17.9 Å². The van der Waals surface area contributed by atoms with Crippen molar-refractivity contribution in [1.82, 2.24) is 10.3 Å². The molecule has 3 rings (SSSR count). The van der Waals surface area contributed by atoms with Crippen molar-refractivity contribution in [3.05, 3.63) is 53.9 Å². The number of anilines is 1. The maximum atomic E-state index is 11.8. The number of pyridine rings is 1. The molecular weight excluding hydrogens is 310 g/mol. The fourth-order valence-electron chi connectivity index (χ4n) is 2.43. The van der Waals surface area contributed by atoms with Crippen LogP contribution in [0.5, 0.6) is 5.75 Å². The highest BCUT2D eigenvalue weighted by molar-refractivity contribution is 6.39. The number of carbonyl (C=O) groups excluding carboxylic acids is 2. The van der Waals surface area contributed by atoms with Crippen LogP contribution in [0.1, 0.15) is 17.2 Å². The molecule has 0 saturated heterocycles. The highest BCUT2D eigenvalue weighted by atomic mass is 16.5. The lowest BCUT2D eigenvalue weighted by Gasteiger charge is -2.13. The first kappa shape index (κ1) is 15.9. The Kier molecular flexibility index (Phi) is 4.72. The van der Waals surface area contributed by atoms with Gasteiger partial charge in [-0.2, -0.15) is 0 Å². The summed E-state index contributed by atoms with van der Waals surface area (Å²) in [5.74, 6) is -0.800. The van der Waals surface area contributed by atoms with E-state index in [1.807, 2.05) is 6.07 Å². The quantitative estimate of drug-likeness (QED) is 0.721. The molecule has 3 N–H and O–H groups in total. The molecule has 0 saturated carbocycles. The third kappa shape index (κ3) is 3.69. The summed E-state index contributed by atoms with van der Waals surface area (Å²) >= 11 is 0. The number of amides is 2. The Labute approximate surface area is 138 Å². The average molecular weight is 327 g/mol. The van der Waals surface area contributed by atoms with Crippen molar-refractivity contribution in [1.29, 1.82) is 0 Å². The highest BCUT2D eigenvalue weighted by Gasteiger charge is 2.18. The summed E-state index contributed by atoms with van der Waals surface area (Å²) in [6, 6.07) is 8.68. The van der Waals surface area contributed by atoms with E-state index in [2.05, 4.69) is 15.6 Å². The Morgan fingerprint density at radius 1 is 1.29 bits per heavy atom. The Hall–Kier alpha value is -2.93. The molecule has 2 amide bonds. The second-order valence-electron chi connectivity index (χ2n) is 5.39. The zero-order chi connectivity index (χ0) is 16.9. The van der Waals surface area contributed by atoms with Crippen LogP contribution in [0.15, 0.2) is 42.7 Å². The van der Waals surface area contributed by atoms with Gasteiger partial charge in [0.15, 0.2) is 0 Å². The number of aromatic nitrogens is 1. The number of rotatable bonds is 4. The van der Waals surface area contributed by atoms with Crippen molar-refractivity contribution >= 4 is 17.5 Å². The number of nitrogens with zero attached hydrogens (tertiary/aromatic N) is 1. The van der Waals surface area contributed by atoms with Crippen LogP contribution in [0, 0.1) is 0 Å². The molecule has 7 heteroatoms. The van der Waals surface area contributed by atoms with Gasteiger partial charge >= 0.3 is 11.8 Å². The lowest BCUT2D eigenvalue weighted by molar-refractivity contribution is -0.136. The molecule has 1 atom stereocenters. The molecule has 1 aliphatic heterocycles. The molecule has 24 heavy (non-hydrogen) atoms. The zero-order valence-electron chi connectivity index (χ0n) is 12.9. The minimum Gasteiger partial charge on any atom is -0.493 e. The second-order valence-corrected chi connectivity index (χ2v) is 5.39. The van der Waals surface area contributed by atoms with E-state index in [-0.39, 0.29) is 6.54 Å². The van der Waals surface area contributed by atoms with Gasteiger partial charge in [-0.15, -0.1) is 0 Å². The monoisotopic (exact) mass is 327 g/mol. The summed E-state index contributed by atoms with van der Waals surface area (Å²) in [6.07, 6.45) is 2.90. The van der Waals surface area contributed by atoms with Crippen molar-refractivity contribution in [3.63, 3.8) is 0 Å². The number of hydrogen-bond acceptors (Lipinski definition) is 5. The molecule has 0 fully saturated rings. The normalized spacial score (nSPS) is 13.5. The van der Waals surface area contributed by atoms with Crippen molar-refractivity contribution in [2.24, 2.45) is 0 Å². The van der Waals surface area contributed by atoms with Gasteiger partial charge in [-0.25, -0.2) is 0 Å². The van der Waals surface area contributed by atoms with E-state index in [9.17, 15) is 14.7 Å². The van der Waals surface area contributed by atoms with Crippen LogP contribution in [0.4, 0.5) is 5.69 Å². The molecule has 2 heterocycles. The molecule has 0 aliphatic carbocycles. The van der Waals surface area contributed by atoms with Crippen molar-refractivity contribution in [3.8, 4) is 5.75 Å². The lowest BCUT2D eigenvalue weighted by Crippen LogP contribution is -2.37. The number of aliphatic hydroxyl groups is 1. The van der Waals surface area contributed by atoms with Crippen LogP contribution in [-0.4, -0.2) is 35.1 Å². The third-order valence-corrected chi connectivity index (χ3v) is 3.68. The predicted octanol–water partition coefficient (Wildman–Crippen LogP) is 0.805. The summed E-state index contributed by atoms with van der Waals surface area (Å²) in [6.45, 7) is 0.582. The van der Waals surface area contributed by atoms with Crippen LogP contribution in [0.3, 0.4) is 0 Å². The van der Waals surface area contributed by atoms with Gasteiger partial charge in [0.1, 0.15) is 5.75 Å². The number of carbonyl (C=O) groups is 2. The molecule has 7 nitrogen and oxygen atoms in total. The van der Waals surface area contributed by atoms with Gasteiger partial charge in [0.05, 0.1) is 24.6 Å². The summed E-state index contributed by atoms with van der Waals surface area (Å²) in [5, 5.41) is 15.0. The maximum absolute atomic E-state index is 11.8. The van der Waals surface area contributed by atoms with E-state index in [1.165, 1.54) is 6.20 Å². The van der Waals surface area contributed by atoms with Gasteiger partial charge in [-0.3, -0.25) is 14.6 Å². The van der Waals surface area contributed by atoms with Gasteiger partial charge in [0.2, 0.25) is 0 Å². The van der Waals surface area contributed by atoms with E-state index in [1.54, 1.807) is 30.5 Å². The smallest absolute Gasteiger partial charge is 0.313 e. The average Bonchev–Trinajstić information content (AvgIpc) is 3.07. The van der Waals surface area contributed by atoms with Crippen LogP contribution >= 0.6 is 0 Å². The lowest BCUT2D eigenvalue weighted by atomic mass is 10.0. The molecule has 1 aliphatic rings. The molecule has 1 aromatic heterocycles. The first-order chi connectivity index (χ1) is 11.6. The maximum Gasteiger partial charge on any atom is 0.313 e. The van der Waals surface area contributed by atoms with Gasteiger partial charge in [-0.05, 0) is 35.4 Å². The fraction of sp³-hybridized carbons (Fsp3) is 0.235. The number of hydrogen-bond donors (Lipinski definition) is 3. The SMILES string of the molecule is O=C(NCC(O)c1ccc2c(c1)CCO2)C(=O)Nc1cccnc1. The van der Waals surface area contributed by atoms with Gasteiger partial charge in [-0.1, -0.05) is 6.07 Å². The standard InChI is InChI=1S/C17H17N3O4/c21-14(11-3-4-15-12(8-11)5-7-24-15)10-19-16(22)17(23)20-13-2-1-6-18-9-13/h1-4,6,8-9,14,21H,5,7,10H2,(H,19,22)(H,20,23). The Balaban J connectivity index is 1.53. The van der Waals surface area contributed by atoms with E-state index >= 15 is 0 Å². The zero-order valence-corrected chi connectivity index (χ0v) is 12.9. The van der Waals surface area contributed by atoms with Crippen LogP contribution in [0.2, 0.25) is 0 Å². The minimum absolute atomic E-state index is 0.0566.